The van der Waals surface area contributed by atoms with Crippen molar-refractivity contribution in [2.75, 3.05) is 18.9 Å². The van der Waals surface area contributed by atoms with E-state index in [4.69, 9.17) is 10.5 Å². The zero-order chi connectivity index (χ0) is 14.1. The first-order valence-corrected chi connectivity index (χ1v) is 7.98. The van der Waals surface area contributed by atoms with Crippen LogP contribution >= 0.6 is 11.3 Å². The molecule has 2 unspecified atom stereocenters. The molecule has 5 heteroatoms. The first kappa shape index (κ1) is 13.8. The van der Waals surface area contributed by atoms with Gasteiger partial charge in [-0.2, -0.15) is 0 Å². The van der Waals surface area contributed by atoms with E-state index in [2.05, 4.69) is 41.9 Å². The van der Waals surface area contributed by atoms with Crippen LogP contribution in [0, 0.1) is 0 Å². The molecule has 4 nitrogen and oxygen atoms in total. The highest BCUT2D eigenvalue weighted by atomic mass is 32.1. The molecule has 0 amide bonds. The lowest BCUT2D eigenvalue weighted by atomic mass is 10.1. The number of fused-ring (bicyclic) bond motifs is 1. The van der Waals surface area contributed by atoms with Crippen LogP contribution < -0.4 is 5.73 Å². The van der Waals surface area contributed by atoms with Crippen molar-refractivity contribution in [1.29, 1.82) is 0 Å². The van der Waals surface area contributed by atoms with E-state index in [1.165, 1.54) is 10.3 Å². The summed E-state index contributed by atoms with van der Waals surface area (Å²) in [7, 11) is 0. The van der Waals surface area contributed by atoms with Crippen LogP contribution in [0.25, 0.3) is 10.2 Å². The van der Waals surface area contributed by atoms with Gasteiger partial charge in [-0.15, -0.1) is 0 Å². The molecule has 2 atom stereocenters. The molecule has 0 saturated carbocycles. The molecule has 0 bridgehead atoms. The molecule has 0 aliphatic carbocycles. The number of benzene rings is 1. The maximum absolute atomic E-state index is 5.77. The van der Waals surface area contributed by atoms with Gasteiger partial charge in [0.1, 0.15) is 0 Å². The zero-order valence-corrected chi connectivity index (χ0v) is 12.8. The van der Waals surface area contributed by atoms with Gasteiger partial charge in [0.2, 0.25) is 0 Å². The summed E-state index contributed by atoms with van der Waals surface area (Å²) >= 11 is 1.56. The molecule has 1 aromatic heterocycles. The molecule has 1 saturated heterocycles. The van der Waals surface area contributed by atoms with Crippen LogP contribution in [0.1, 0.15) is 25.8 Å². The second kappa shape index (κ2) is 5.68. The third-order valence-corrected chi connectivity index (χ3v) is 4.75. The smallest absolute Gasteiger partial charge is 0.181 e. The predicted molar refractivity (Wildman–Crippen MR) is 83.9 cm³/mol. The Hall–Kier alpha value is -1.17. The van der Waals surface area contributed by atoms with Crippen LogP contribution in [0.3, 0.4) is 0 Å². The van der Waals surface area contributed by atoms with E-state index < -0.39 is 0 Å². The second-order valence-electron chi connectivity index (χ2n) is 5.49. The Morgan fingerprint density at radius 2 is 2.35 bits per heavy atom. The minimum atomic E-state index is 0.320. The Kier molecular flexibility index (Phi) is 3.92. The monoisotopic (exact) mass is 291 g/mol. The standard InChI is InChI=1S/C15H21N3OS/c1-3-12-9-19-10(2)7-18(12)8-11-4-5-13-14(6-11)20-15(16)17-13/h4-6,10,12H,3,7-9H2,1-2H3,(H2,16,17). The lowest BCUT2D eigenvalue weighted by Crippen LogP contribution is -2.47. The number of ether oxygens (including phenoxy) is 1. The van der Waals surface area contributed by atoms with Gasteiger partial charge in [-0.05, 0) is 31.0 Å². The van der Waals surface area contributed by atoms with E-state index in [1.807, 2.05) is 0 Å². The van der Waals surface area contributed by atoms with Crippen molar-refractivity contribution in [1.82, 2.24) is 9.88 Å². The summed E-state index contributed by atoms with van der Waals surface area (Å²) in [6, 6.07) is 6.97. The number of rotatable bonds is 3. The molecule has 2 aromatic rings. The molecule has 1 aliphatic heterocycles. The highest BCUT2D eigenvalue weighted by Crippen LogP contribution is 2.26. The van der Waals surface area contributed by atoms with Gasteiger partial charge in [0.25, 0.3) is 0 Å². The molecule has 3 rings (SSSR count). The minimum Gasteiger partial charge on any atom is -0.376 e. The van der Waals surface area contributed by atoms with Crippen LogP contribution in [0.2, 0.25) is 0 Å². The van der Waals surface area contributed by atoms with Crippen LogP contribution in [-0.4, -0.2) is 35.2 Å². The van der Waals surface area contributed by atoms with Gasteiger partial charge < -0.3 is 10.5 Å². The summed E-state index contributed by atoms with van der Waals surface area (Å²) in [5.74, 6) is 0. The molecule has 2 N–H and O–H groups in total. The van der Waals surface area contributed by atoms with Crippen LogP contribution in [-0.2, 0) is 11.3 Å². The fourth-order valence-electron chi connectivity index (χ4n) is 2.80. The van der Waals surface area contributed by atoms with Gasteiger partial charge in [-0.25, -0.2) is 4.98 Å². The van der Waals surface area contributed by atoms with E-state index in [9.17, 15) is 0 Å². The van der Waals surface area contributed by atoms with Gasteiger partial charge in [-0.1, -0.05) is 24.3 Å². The van der Waals surface area contributed by atoms with Gasteiger partial charge >= 0.3 is 0 Å². The van der Waals surface area contributed by atoms with Gasteiger partial charge in [0.05, 0.1) is 22.9 Å². The summed E-state index contributed by atoms with van der Waals surface area (Å²) in [5.41, 5.74) is 8.09. The van der Waals surface area contributed by atoms with Crippen molar-refractivity contribution in [3.8, 4) is 0 Å². The van der Waals surface area contributed by atoms with Crippen molar-refractivity contribution < 1.29 is 4.74 Å². The van der Waals surface area contributed by atoms with Crippen molar-refractivity contribution in [2.45, 2.75) is 39.0 Å². The fourth-order valence-corrected chi connectivity index (χ4v) is 3.60. The predicted octanol–water partition coefficient (Wildman–Crippen LogP) is 2.88. The molecule has 108 valence electrons. The summed E-state index contributed by atoms with van der Waals surface area (Å²) < 4.78 is 6.93. The molecular weight excluding hydrogens is 270 g/mol. The van der Waals surface area contributed by atoms with E-state index in [1.54, 1.807) is 11.3 Å². The second-order valence-corrected chi connectivity index (χ2v) is 6.55. The lowest BCUT2D eigenvalue weighted by molar-refractivity contribution is -0.0591. The minimum absolute atomic E-state index is 0.320. The molecule has 20 heavy (non-hydrogen) atoms. The highest BCUT2D eigenvalue weighted by molar-refractivity contribution is 7.22. The third kappa shape index (κ3) is 2.80. The number of hydrogen-bond acceptors (Lipinski definition) is 5. The Labute approximate surface area is 123 Å². The number of hydrogen-bond donors (Lipinski definition) is 1. The summed E-state index contributed by atoms with van der Waals surface area (Å²) in [5, 5.41) is 0.642. The quantitative estimate of drug-likeness (QED) is 0.944. The topological polar surface area (TPSA) is 51.4 Å². The van der Waals surface area contributed by atoms with Gasteiger partial charge in [0, 0.05) is 19.1 Å². The van der Waals surface area contributed by atoms with E-state index in [0.29, 0.717) is 17.3 Å². The van der Waals surface area contributed by atoms with E-state index in [0.717, 1.165) is 31.6 Å². The van der Waals surface area contributed by atoms with Crippen molar-refractivity contribution in [3.63, 3.8) is 0 Å². The van der Waals surface area contributed by atoms with Crippen molar-refractivity contribution in [2.24, 2.45) is 0 Å². The summed E-state index contributed by atoms with van der Waals surface area (Å²) in [6.45, 7) is 7.19. The number of nitrogen functional groups attached to an aromatic ring is 1. The Bertz CT molecular complexity index is 598. The maximum atomic E-state index is 5.77. The molecule has 0 spiro atoms. The largest absolute Gasteiger partial charge is 0.376 e. The van der Waals surface area contributed by atoms with Crippen LogP contribution in [0.5, 0.6) is 0 Å². The van der Waals surface area contributed by atoms with Crippen LogP contribution in [0.15, 0.2) is 18.2 Å². The summed E-state index contributed by atoms with van der Waals surface area (Å²) in [6.07, 6.45) is 1.45. The third-order valence-electron chi connectivity index (χ3n) is 3.91. The number of nitrogens with zero attached hydrogens (tertiary/aromatic N) is 2. The van der Waals surface area contributed by atoms with E-state index >= 15 is 0 Å². The molecule has 2 heterocycles. The molecule has 1 fully saturated rings. The Balaban J connectivity index is 1.80. The number of anilines is 1. The van der Waals surface area contributed by atoms with Crippen molar-refractivity contribution >= 4 is 26.7 Å². The number of thiazole rings is 1. The average Bonchev–Trinajstić information content (AvgIpc) is 2.78. The van der Waals surface area contributed by atoms with Crippen LogP contribution in [0.4, 0.5) is 5.13 Å². The molecule has 0 radical (unpaired) electrons. The average molecular weight is 291 g/mol. The molecule has 1 aromatic carbocycles. The number of morpholine rings is 1. The van der Waals surface area contributed by atoms with Crippen molar-refractivity contribution in [3.05, 3.63) is 23.8 Å². The Morgan fingerprint density at radius 1 is 1.50 bits per heavy atom. The fraction of sp³-hybridized carbons (Fsp3) is 0.533. The first-order chi connectivity index (χ1) is 9.65. The maximum Gasteiger partial charge on any atom is 0.181 e. The van der Waals surface area contributed by atoms with Gasteiger partial charge in [-0.3, -0.25) is 4.90 Å². The first-order valence-electron chi connectivity index (χ1n) is 7.16. The van der Waals surface area contributed by atoms with E-state index in [-0.39, 0.29) is 0 Å². The Morgan fingerprint density at radius 3 is 3.15 bits per heavy atom. The van der Waals surface area contributed by atoms with Gasteiger partial charge in [0.15, 0.2) is 5.13 Å². The normalized spacial score (nSPS) is 24.3. The highest BCUT2D eigenvalue weighted by Gasteiger charge is 2.25. The summed E-state index contributed by atoms with van der Waals surface area (Å²) in [4.78, 5) is 6.83. The lowest BCUT2D eigenvalue weighted by Gasteiger charge is -2.38. The molecular formula is C15H21N3OS. The molecule has 1 aliphatic rings. The zero-order valence-electron chi connectivity index (χ0n) is 12.0. The SMILES string of the molecule is CCC1COC(C)CN1Cc1ccc2nc(N)sc2c1. The number of nitrogens with two attached hydrogens (primary N) is 1. The number of aromatic nitrogens is 1.